The Morgan fingerprint density at radius 1 is 1.19 bits per heavy atom. The molecular formula is C12H17FN5O11P3. The fraction of sp³-hybridized carbons (Fsp3) is 0.417. The van der Waals surface area contributed by atoms with Gasteiger partial charge in [-0.3, -0.25) is 4.52 Å². The van der Waals surface area contributed by atoms with Gasteiger partial charge in [0.1, 0.15) is 11.8 Å². The van der Waals surface area contributed by atoms with Gasteiger partial charge in [0, 0.05) is 6.42 Å². The van der Waals surface area contributed by atoms with Crippen LogP contribution in [0, 0.1) is 0 Å². The molecule has 1 fully saturated rings. The van der Waals surface area contributed by atoms with E-state index in [2.05, 4.69) is 34.7 Å². The Balaban J connectivity index is 1.77. The minimum Gasteiger partial charge on any atom is -0.389 e. The zero-order valence-corrected chi connectivity index (χ0v) is 18.4. The topological polar surface area (TPSA) is 250 Å². The van der Waals surface area contributed by atoms with Crippen LogP contribution >= 0.6 is 23.5 Å². The number of fused-ring (bicyclic) bond motifs is 1. The normalized spacial score (nSPS) is 28.0. The molecule has 5 atom stereocenters. The summed E-state index contributed by atoms with van der Waals surface area (Å²) >= 11 is 0. The number of imidazole rings is 1. The molecule has 0 amide bonds. The van der Waals surface area contributed by atoms with Gasteiger partial charge in [0.25, 0.3) is 0 Å². The molecule has 178 valence electrons. The lowest BCUT2D eigenvalue weighted by Gasteiger charge is -2.26. The number of halogens is 1. The summed E-state index contributed by atoms with van der Waals surface area (Å²) in [6.07, 6.45) is 0.294. The number of hydrogen-bond acceptors (Lipinski definition) is 11. The maximum absolute atomic E-state index is 15.5. The number of aliphatic hydroxyl groups excluding tert-OH is 1. The van der Waals surface area contributed by atoms with E-state index in [9.17, 15) is 23.7 Å². The van der Waals surface area contributed by atoms with Gasteiger partial charge in [-0.05, 0) is 5.57 Å². The predicted octanol–water partition coefficient (Wildman–Crippen LogP) is 0.322. The molecule has 20 heteroatoms. The quantitative estimate of drug-likeness (QED) is 0.203. The van der Waals surface area contributed by atoms with Gasteiger partial charge in [0.2, 0.25) is 0 Å². The molecule has 1 aliphatic rings. The number of phosphoric ester groups is 1. The molecule has 3 rings (SSSR count). The van der Waals surface area contributed by atoms with Crippen LogP contribution in [0.5, 0.6) is 0 Å². The van der Waals surface area contributed by atoms with Crippen molar-refractivity contribution in [2.45, 2.75) is 24.2 Å². The second-order valence-electron chi connectivity index (χ2n) is 6.60. The Bertz CT molecular complexity index is 1200. The van der Waals surface area contributed by atoms with Crippen molar-refractivity contribution in [1.29, 1.82) is 0 Å². The highest BCUT2D eigenvalue weighted by Crippen LogP contribution is 2.66. The highest BCUT2D eigenvalue weighted by atomic mass is 31.3. The molecule has 2 heterocycles. The molecule has 2 aromatic heterocycles. The molecule has 1 saturated carbocycles. The van der Waals surface area contributed by atoms with Crippen molar-refractivity contribution in [1.82, 2.24) is 19.5 Å². The predicted molar refractivity (Wildman–Crippen MR) is 102 cm³/mol. The molecule has 2 aromatic rings. The fourth-order valence-electron chi connectivity index (χ4n) is 3.08. The van der Waals surface area contributed by atoms with E-state index in [4.69, 9.17) is 20.4 Å². The second-order valence-corrected chi connectivity index (χ2v) is 11.0. The first kappa shape index (κ1) is 25.0. The van der Waals surface area contributed by atoms with E-state index in [-0.39, 0.29) is 29.0 Å². The van der Waals surface area contributed by atoms with Crippen LogP contribution in [0.15, 0.2) is 24.8 Å². The molecule has 7 N–H and O–H groups in total. The molecular weight excluding hydrogens is 502 g/mol. The summed E-state index contributed by atoms with van der Waals surface area (Å²) in [7, 11) is -17.0. The highest BCUT2D eigenvalue weighted by molar-refractivity contribution is 7.66. The van der Waals surface area contributed by atoms with Crippen molar-refractivity contribution < 1.29 is 55.9 Å². The number of alkyl halides is 1. The first-order valence-corrected chi connectivity index (χ1v) is 12.8. The van der Waals surface area contributed by atoms with Gasteiger partial charge in [-0.2, -0.15) is 8.62 Å². The zero-order valence-electron chi connectivity index (χ0n) is 15.7. The molecule has 32 heavy (non-hydrogen) atoms. The van der Waals surface area contributed by atoms with E-state index in [0.717, 1.165) is 6.33 Å². The van der Waals surface area contributed by atoms with Crippen molar-refractivity contribution in [2.24, 2.45) is 0 Å². The van der Waals surface area contributed by atoms with Crippen molar-refractivity contribution in [3.8, 4) is 0 Å². The van der Waals surface area contributed by atoms with Crippen LogP contribution in [-0.4, -0.2) is 62.6 Å². The van der Waals surface area contributed by atoms with Crippen LogP contribution in [-0.2, 0) is 26.8 Å². The highest BCUT2D eigenvalue weighted by Gasteiger charge is 2.54. The largest absolute Gasteiger partial charge is 0.490 e. The van der Waals surface area contributed by atoms with Crippen LogP contribution in [0.25, 0.3) is 11.2 Å². The van der Waals surface area contributed by atoms with Crippen LogP contribution < -0.4 is 5.73 Å². The van der Waals surface area contributed by atoms with Crippen LogP contribution in [0.3, 0.4) is 0 Å². The number of hydrogen-bond donors (Lipinski definition) is 6. The smallest absolute Gasteiger partial charge is 0.389 e. The maximum Gasteiger partial charge on any atom is 0.490 e. The minimum atomic E-state index is -5.78. The first-order chi connectivity index (χ1) is 14.5. The summed E-state index contributed by atoms with van der Waals surface area (Å²) in [6, 6.07) is -0.946. The zero-order chi connectivity index (χ0) is 24.1. The lowest BCUT2D eigenvalue weighted by Crippen LogP contribution is -2.38. The third-order valence-electron chi connectivity index (χ3n) is 4.49. The number of rotatable bonds is 8. The Kier molecular flexibility index (Phi) is 6.50. The minimum absolute atomic E-state index is 0.0529. The Morgan fingerprint density at radius 3 is 2.47 bits per heavy atom. The van der Waals surface area contributed by atoms with E-state index >= 15 is 4.39 Å². The lowest BCUT2D eigenvalue weighted by atomic mass is 9.99. The van der Waals surface area contributed by atoms with Gasteiger partial charge in [0.05, 0.1) is 25.1 Å². The van der Waals surface area contributed by atoms with Crippen LogP contribution in [0.2, 0.25) is 0 Å². The van der Waals surface area contributed by atoms with E-state index in [1.54, 1.807) is 0 Å². The van der Waals surface area contributed by atoms with Crippen molar-refractivity contribution >= 4 is 40.4 Å². The molecule has 0 saturated heterocycles. The van der Waals surface area contributed by atoms with Gasteiger partial charge in [-0.25, -0.2) is 33.0 Å². The average molecular weight is 519 g/mol. The third kappa shape index (κ3) is 5.14. The molecule has 16 nitrogen and oxygen atoms in total. The number of aliphatic hydroxyl groups is 1. The van der Waals surface area contributed by atoms with Crippen molar-refractivity contribution in [3.63, 3.8) is 0 Å². The van der Waals surface area contributed by atoms with Crippen LogP contribution in [0.4, 0.5) is 10.2 Å². The number of anilines is 1. The van der Waals surface area contributed by atoms with Crippen LogP contribution in [0.1, 0.15) is 12.5 Å². The summed E-state index contributed by atoms with van der Waals surface area (Å²) in [5.74, 6) is 0.0529. The van der Waals surface area contributed by atoms with Gasteiger partial charge < -0.3 is 35.0 Å². The fourth-order valence-corrected chi connectivity index (χ4v) is 6.12. The lowest BCUT2D eigenvalue weighted by molar-refractivity contribution is -0.00237. The molecule has 0 radical (unpaired) electrons. The summed E-state index contributed by atoms with van der Waals surface area (Å²) < 4.78 is 62.2. The summed E-state index contributed by atoms with van der Waals surface area (Å²) in [5.41, 5.74) is 2.95. The number of nitrogens with two attached hydrogens (primary N) is 1. The van der Waals surface area contributed by atoms with Gasteiger partial charge in [-0.1, -0.05) is 6.58 Å². The second kappa shape index (κ2) is 8.31. The standard InChI is InChI=1S/C12H17FN5O11P3/c1-6-7(18-5-17-9-10(14)15-4-16-11(9)18)2-8(19)12(6,13)3-27-31(23,24)29-32(25,26)28-30(20,21)22/h4-5,7-8,19H,1-3H2,(H,23,24)(H,25,26)(H2,14,15,16)(H2,20,21,22)/t7-,8-,12+/m0/s1. The van der Waals surface area contributed by atoms with Crippen molar-refractivity contribution in [3.05, 3.63) is 24.8 Å². The van der Waals surface area contributed by atoms with Gasteiger partial charge in [0.15, 0.2) is 17.1 Å². The van der Waals surface area contributed by atoms with Gasteiger partial charge >= 0.3 is 23.5 Å². The van der Waals surface area contributed by atoms with E-state index in [1.165, 1.54) is 10.9 Å². The summed E-state index contributed by atoms with van der Waals surface area (Å²) in [4.78, 5) is 47.5. The summed E-state index contributed by atoms with van der Waals surface area (Å²) in [5, 5.41) is 10.2. The molecule has 0 aliphatic heterocycles. The molecule has 0 bridgehead atoms. The van der Waals surface area contributed by atoms with Crippen molar-refractivity contribution in [2.75, 3.05) is 12.3 Å². The average Bonchev–Trinajstić information content (AvgIpc) is 3.13. The third-order valence-corrected chi connectivity index (χ3v) is 8.27. The Labute approximate surface area is 178 Å². The Morgan fingerprint density at radius 2 is 1.84 bits per heavy atom. The molecule has 0 aromatic carbocycles. The molecule has 1 aliphatic carbocycles. The van der Waals surface area contributed by atoms with E-state index in [1.807, 2.05) is 0 Å². The SMILES string of the molecule is C=C1[C@@H](n2cnc3c(N)ncnc32)C[C@H](O)[C@@]1(F)COP(=O)(O)OP(=O)(O)OP(=O)(O)O. The number of nitrogen functional groups attached to an aromatic ring is 1. The maximum atomic E-state index is 15.5. The number of aromatic nitrogens is 4. The molecule has 0 spiro atoms. The van der Waals surface area contributed by atoms with E-state index in [0.29, 0.717) is 0 Å². The number of phosphoric acid groups is 3. The monoisotopic (exact) mass is 519 g/mol. The molecule has 2 unspecified atom stereocenters. The Hall–Kier alpha value is -1.61. The van der Waals surface area contributed by atoms with E-state index < -0.39 is 47.9 Å². The first-order valence-electron chi connectivity index (χ1n) is 8.32. The number of nitrogens with zero attached hydrogens (tertiary/aromatic N) is 4. The van der Waals surface area contributed by atoms with Gasteiger partial charge in [-0.15, -0.1) is 0 Å². The summed E-state index contributed by atoms with van der Waals surface area (Å²) in [6.45, 7) is 2.19.